The molecule has 1 aromatic carbocycles. The van der Waals surface area contributed by atoms with Crippen LogP contribution in [0.5, 0.6) is 0 Å². The Morgan fingerprint density at radius 1 is 1.04 bits per heavy atom. The van der Waals surface area contributed by atoms with Gasteiger partial charge in [-0.2, -0.15) is 26.3 Å². The first kappa shape index (κ1) is 19.7. The van der Waals surface area contributed by atoms with Gasteiger partial charge in [-0.3, -0.25) is 4.79 Å². The van der Waals surface area contributed by atoms with E-state index in [0.29, 0.717) is 23.5 Å². The Hall–Kier alpha value is -3.02. The second kappa shape index (κ2) is 6.55. The van der Waals surface area contributed by atoms with Crippen molar-refractivity contribution in [3.05, 3.63) is 46.3 Å². The molecule has 2 aromatic heterocycles. The van der Waals surface area contributed by atoms with E-state index in [-0.39, 0.29) is 15.4 Å². The molecular weight excluding hydrogens is 410 g/mol. The number of alkyl halides is 6. The highest BCUT2D eigenvalue weighted by Gasteiger charge is 2.36. The largest absolute Gasteiger partial charge is 0.417 e. The van der Waals surface area contributed by atoms with Crippen molar-refractivity contribution in [2.24, 2.45) is 0 Å². The van der Waals surface area contributed by atoms with Gasteiger partial charge < -0.3 is 16.8 Å². The van der Waals surface area contributed by atoms with Gasteiger partial charge >= 0.3 is 12.4 Å². The predicted molar refractivity (Wildman–Crippen MR) is 92.8 cm³/mol. The third-order valence-corrected chi connectivity index (χ3v) is 4.78. The van der Waals surface area contributed by atoms with E-state index in [1.54, 1.807) is 0 Å². The summed E-state index contributed by atoms with van der Waals surface area (Å²) in [5.74, 6) is -1.38. The van der Waals surface area contributed by atoms with Crippen LogP contribution in [0.4, 0.5) is 43.5 Å². The van der Waals surface area contributed by atoms with E-state index in [0.717, 1.165) is 12.1 Å². The summed E-state index contributed by atoms with van der Waals surface area (Å²) >= 11 is 0.555. The molecule has 3 aromatic rings. The number of nitrogens with one attached hydrogen (secondary N) is 1. The van der Waals surface area contributed by atoms with Crippen LogP contribution in [0.3, 0.4) is 0 Å². The molecule has 5 nitrogen and oxygen atoms in total. The molecule has 0 saturated carbocycles. The quantitative estimate of drug-likeness (QED) is 0.522. The average Bonchev–Trinajstić information content (AvgIpc) is 2.89. The molecule has 28 heavy (non-hydrogen) atoms. The van der Waals surface area contributed by atoms with E-state index in [1.807, 2.05) is 0 Å². The number of hydrogen-bond donors (Lipinski definition) is 3. The summed E-state index contributed by atoms with van der Waals surface area (Å²) in [7, 11) is 0. The number of rotatable bonds is 2. The molecule has 0 saturated heterocycles. The molecule has 0 radical (unpaired) electrons. The minimum atomic E-state index is -4.79. The first-order chi connectivity index (χ1) is 12.9. The zero-order valence-corrected chi connectivity index (χ0v) is 14.4. The molecule has 0 aliphatic rings. The van der Waals surface area contributed by atoms with Crippen LogP contribution >= 0.6 is 11.3 Å². The molecule has 0 aliphatic heterocycles. The number of aromatic nitrogens is 1. The van der Waals surface area contributed by atoms with Gasteiger partial charge in [0.2, 0.25) is 0 Å². The first-order valence-electron chi connectivity index (χ1n) is 7.42. The number of amides is 1. The summed E-state index contributed by atoms with van der Waals surface area (Å²) in [5.41, 5.74) is 8.29. The number of carbonyl (C=O) groups excluding carboxylic acids is 1. The lowest BCUT2D eigenvalue weighted by Gasteiger charge is -2.10. The lowest BCUT2D eigenvalue weighted by molar-refractivity contribution is -0.137. The molecule has 0 aliphatic carbocycles. The molecule has 0 atom stereocenters. The molecule has 3 rings (SSSR count). The van der Waals surface area contributed by atoms with E-state index >= 15 is 0 Å². The Bertz CT molecular complexity index is 1070. The van der Waals surface area contributed by atoms with Crippen molar-refractivity contribution in [3.8, 4) is 0 Å². The van der Waals surface area contributed by atoms with Crippen LogP contribution in [0.1, 0.15) is 20.8 Å². The standard InChI is InChI=1S/C16H10F6N4OS/c17-15(18,19)6-2-1-3-7(4-6)25-13(27)12-11(24)10-8(16(20,21)22)5-9(23)26-14(10)28-12/h1-5H,24H2,(H2,23,26)(H,25,27). The Morgan fingerprint density at radius 3 is 2.32 bits per heavy atom. The molecular formula is C16H10F6N4OS. The van der Waals surface area contributed by atoms with Crippen LogP contribution in [0, 0.1) is 0 Å². The van der Waals surface area contributed by atoms with E-state index in [4.69, 9.17) is 11.5 Å². The highest BCUT2D eigenvalue weighted by molar-refractivity contribution is 7.21. The van der Waals surface area contributed by atoms with Gasteiger partial charge in [-0.25, -0.2) is 4.98 Å². The maximum atomic E-state index is 13.2. The minimum Gasteiger partial charge on any atom is -0.397 e. The Kier molecular flexibility index (Phi) is 4.61. The van der Waals surface area contributed by atoms with E-state index in [9.17, 15) is 31.1 Å². The predicted octanol–water partition coefficient (Wildman–Crippen LogP) is 4.75. The van der Waals surface area contributed by atoms with Gasteiger partial charge in [0, 0.05) is 11.1 Å². The first-order valence-corrected chi connectivity index (χ1v) is 8.24. The lowest BCUT2D eigenvalue weighted by Crippen LogP contribution is -2.13. The summed E-state index contributed by atoms with van der Waals surface area (Å²) < 4.78 is 78.1. The molecule has 0 fully saturated rings. The number of nitrogen functional groups attached to an aromatic ring is 2. The number of nitrogens with two attached hydrogens (primary N) is 2. The third kappa shape index (κ3) is 3.67. The number of hydrogen-bond acceptors (Lipinski definition) is 5. The van der Waals surface area contributed by atoms with Gasteiger partial charge in [0.15, 0.2) is 0 Å². The number of halogens is 6. The Balaban J connectivity index is 2.03. The van der Waals surface area contributed by atoms with Crippen molar-refractivity contribution in [1.82, 2.24) is 4.98 Å². The third-order valence-electron chi connectivity index (χ3n) is 3.68. The second-order valence-electron chi connectivity index (χ2n) is 5.65. The monoisotopic (exact) mass is 420 g/mol. The fourth-order valence-electron chi connectivity index (χ4n) is 2.49. The second-order valence-corrected chi connectivity index (χ2v) is 6.65. The van der Waals surface area contributed by atoms with Gasteiger partial charge in [0.05, 0.1) is 16.8 Å². The molecule has 12 heteroatoms. The smallest absolute Gasteiger partial charge is 0.397 e. The average molecular weight is 420 g/mol. The van der Waals surface area contributed by atoms with E-state index < -0.39 is 46.3 Å². The highest BCUT2D eigenvalue weighted by atomic mass is 32.1. The Labute approximate surface area is 157 Å². The van der Waals surface area contributed by atoms with Crippen LogP contribution in [-0.4, -0.2) is 10.9 Å². The van der Waals surface area contributed by atoms with Crippen LogP contribution < -0.4 is 16.8 Å². The molecule has 1 amide bonds. The summed E-state index contributed by atoms with van der Waals surface area (Å²) in [4.78, 5) is 15.6. The number of benzene rings is 1. The maximum Gasteiger partial charge on any atom is 0.417 e. The van der Waals surface area contributed by atoms with Crippen molar-refractivity contribution in [3.63, 3.8) is 0 Å². The highest BCUT2D eigenvalue weighted by Crippen LogP contribution is 2.42. The van der Waals surface area contributed by atoms with Crippen molar-refractivity contribution < 1.29 is 31.1 Å². The van der Waals surface area contributed by atoms with Crippen molar-refractivity contribution in [2.45, 2.75) is 12.4 Å². The number of fused-ring (bicyclic) bond motifs is 1. The number of anilines is 3. The molecule has 0 unspecified atom stereocenters. The van der Waals surface area contributed by atoms with Gasteiger partial charge in [-0.05, 0) is 24.3 Å². The number of carbonyl (C=O) groups is 1. The van der Waals surface area contributed by atoms with Crippen molar-refractivity contribution in [1.29, 1.82) is 0 Å². The van der Waals surface area contributed by atoms with E-state index in [1.165, 1.54) is 6.07 Å². The van der Waals surface area contributed by atoms with Crippen LogP contribution in [0.2, 0.25) is 0 Å². The van der Waals surface area contributed by atoms with E-state index in [2.05, 4.69) is 10.3 Å². The fraction of sp³-hybridized carbons (Fsp3) is 0.125. The molecule has 0 bridgehead atoms. The molecule has 0 spiro atoms. The number of pyridine rings is 1. The van der Waals surface area contributed by atoms with Gasteiger partial charge in [0.1, 0.15) is 15.5 Å². The fourth-order valence-corrected chi connectivity index (χ4v) is 3.52. The molecule has 2 heterocycles. The summed E-state index contributed by atoms with van der Waals surface area (Å²) in [6.07, 6.45) is -9.42. The number of thiophene rings is 1. The lowest BCUT2D eigenvalue weighted by atomic mass is 10.1. The Morgan fingerprint density at radius 2 is 1.71 bits per heavy atom. The minimum absolute atomic E-state index is 0.194. The zero-order valence-electron chi connectivity index (χ0n) is 13.6. The summed E-state index contributed by atoms with van der Waals surface area (Å²) in [6.45, 7) is 0. The number of nitrogens with zero attached hydrogens (tertiary/aromatic N) is 1. The van der Waals surface area contributed by atoms with Crippen LogP contribution in [0.15, 0.2) is 30.3 Å². The maximum absolute atomic E-state index is 13.2. The van der Waals surface area contributed by atoms with Crippen molar-refractivity contribution >= 4 is 44.7 Å². The molecule has 5 N–H and O–H groups in total. The van der Waals surface area contributed by atoms with Gasteiger partial charge in [-0.1, -0.05) is 6.07 Å². The normalized spacial score (nSPS) is 12.4. The SMILES string of the molecule is Nc1cc(C(F)(F)F)c2c(N)c(C(=O)Nc3cccc(C(F)(F)F)c3)sc2n1. The van der Waals surface area contributed by atoms with Gasteiger partial charge in [0.25, 0.3) is 5.91 Å². The zero-order chi connectivity index (χ0) is 20.9. The summed E-state index contributed by atoms with van der Waals surface area (Å²) in [6, 6.07) is 4.38. The summed E-state index contributed by atoms with van der Waals surface area (Å²) in [5, 5.41) is 1.71. The topological polar surface area (TPSA) is 94.0 Å². The van der Waals surface area contributed by atoms with Crippen molar-refractivity contribution in [2.75, 3.05) is 16.8 Å². The van der Waals surface area contributed by atoms with Gasteiger partial charge in [-0.15, -0.1) is 11.3 Å². The van der Waals surface area contributed by atoms with Crippen LogP contribution in [0.25, 0.3) is 10.2 Å². The molecule has 148 valence electrons. The van der Waals surface area contributed by atoms with Crippen LogP contribution in [-0.2, 0) is 12.4 Å².